The summed E-state index contributed by atoms with van der Waals surface area (Å²) in [6, 6.07) is 5.40. The van der Waals surface area contributed by atoms with Crippen LogP contribution in [0, 0.1) is 0 Å². The van der Waals surface area contributed by atoms with Crippen LogP contribution in [0.5, 0.6) is 0 Å². The molecule has 0 aromatic heterocycles. The van der Waals surface area contributed by atoms with Gasteiger partial charge < -0.3 is 11.1 Å². The molecule has 1 aromatic rings. The number of thioether (sulfide) groups is 1. The molecule has 86 valence electrons. The van der Waals surface area contributed by atoms with Gasteiger partial charge in [0.2, 0.25) is 5.91 Å². The van der Waals surface area contributed by atoms with Crippen molar-refractivity contribution in [3.63, 3.8) is 0 Å². The van der Waals surface area contributed by atoms with Crippen molar-refractivity contribution >= 4 is 45.0 Å². The minimum absolute atomic E-state index is 0.0776. The van der Waals surface area contributed by atoms with Gasteiger partial charge >= 0.3 is 0 Å². The molecule has 3 N–H and O–H groups in total. The fourth-order valence-corrected chi connectivity index (χ4v) is 3.14. The average Bonchev–Trinajstić information content (AvgIpc) is 2.76. The molecule has 0 radical (unpaired) electrons. The van der Waals surface area contributed by atoms with Crippen LogP contribution in [0.3, 0.4) is 0 Å². The molecule has 1 unspecified atom stereocenters. The van der Waals surface area contributed by atoms with E-state index in [0.717, 1.165) is 28.8 Å². The van der Waals surface area contributed by atoms with E-state index in [4.69, 9.17) is 5.73 Å². The van der Waals surface area contributed by atoms with Gasteiger partial charge in [-0.25, -0.2) is 0 Å². The Kier molecular flexibility index (Phi) is 3.76. The Morgan fingerprint density at radius 1 is 1.56 bits per heavy atom. The Balaban J connectivity index is 2.07. The number of nitrogen functional groups attached to an aromatic ring is 1. The van der Waals surface area contributed by atoms with Gasteiger partial charge in [0.05, 0.1) is 10.9 Å². The molecule has 1 heterocycles. The van der Waals surface area contributed by atoms with Gasteiger partial charge in [-0.2, -0.15) is 0 Å². The summed E-state index contributed by atoms with van der Waals surface area (Å²) >= 11 is 5.11. The van der Waals surface area contributed by atoms with Gasteiger partial charge in [0.1, 0.15) is 0 Å². The molecular weight excluding hydrogens is 288 g/mol. The molecule has 1 fully saturated rings. The molecule has 0 saturated carbocycles. The molecule has 1 aliphatic rings. The van der Waals surface area contributed by atoms with Gasteiger partial charge in [-0.1, -0.05) is 0 Å². The zero-order valence-electron chi connectivity index (χ0n) is 8.70. The Bertz CT molecular complexity index is 405. The van der Waals surface area contributed by atoms with Crippen molar-refractivity contribution < 1.29 is 4.79 Å². The zero-order valence-corrected chi connectivity index (χ0v) is 11.1. The molecular formula is C11H13BrN2OS. The average molecular weight is 301 g/mol. The number of nitrogens with two attached hydrogens (primary N) is 1. The minimum atomic E-state index is 0.0776. The summed E-state index contributed by atoms with van der Waals surface area (Å²) in [7, 11) is 0. The number of rotatable bonds is 2. The maximum atomic E-state index is 11.9. The SMILES string of the molecule is Nc1ccc(Br)c(NC(=O)C2CCCS2)c1. The third kappa shape index (κ3) is 2.71. The smallest absolute Gasteiger partial charge is 0.237 e. The Morgan fingerprint density at radius 2 is 2.38 bits per heavy atom. The summed E-state index contributed by atoms with van der Waals surface area (Å²) in [6.45, 7) is 0. The van der Waals surface area contributed by atoms with Crippen molar-refractivity contribution in [1.29, 1.82) is 0 Å². The number of halogens is 1. The van der Waals surface area contributed by atoms with Crippen molar-refractivity contribution in [3.8, 4) is 0 Å². The summed E-state index contributed by atoms with van der Waals surface area (Å²) in [6.07, 6.45) is 2.09. The molecule has 1 saturated heterocycles. The molecule has 0 bridgehead atoms. The first-order valence-electron chi connectivity index (χ1n) is 5.14. The second-order valence-corrected chi connectivity index (χ2v) is 5.90. The lowest BCUT2D eigenvalue weighted by atomic mass is 10.2. The van der Waals surface area contributed by atoms with Crippen LogP contribution in [0.1, 0.15) is 12.8 Å². The summed E-state index contributed by atoms with van der Waals surface area (Å²) in [5, 5.41) is 3.00. The Labute approximate surface area is 107 Å². The highest BCUT2D eigenvalue weighted by Crippen LogP contribution is 2.29. The van der Waals surface area contributed by atoms with E-state index in [-0.39, 0.29) is 11.2 Å². The molecule has 2 rings (SSSR count). The van der Waals surface area contributed by atoms with Gasteiger partial charge in [0, 0.05) is 10.2 Å². The number of carbonyl (C=O) groups excluding carboxylic acids is 1. The number of hydrogen-bond donors (Lipinski definition) is 2. The lowest BCUT2D eigenvalue weighted by Crippen LogP contribution is -2.23. The van der Waals surface area contributed by atoms with Gasteiger partial charge in [0.25, 0.3) is 0 Å². The van der Waals surface area contributed by atoms with Gasteiger partial charge in [-0.05, 0) is 52.7 Å². The Morgan fingerprint density at radius 3 is 3.06 bits per heavy atom. The second kappa shape index (κ2) is 5.10. The summed E-state index contributed by atoms with van der Waals surface area (Å²) < 4.78 is 0.859. The molecule has 1 atom stereocenters. The number of carbonyl (C=O) groups is 1. The fourth-order valence-electron chi connectivity index (χ4n) is 1.64. The van der Waals surface area contributed by atoms with E-state index in [1.165, 1.54) is 0 Å². The van der Waals surface area contributed by atoms with Crippen LogP contribution in [0.15, 0.2) is 22.7 Å². The van der Waals surface area contributed by atoms with E-state index >= 15 is 0 Å². The maximum absolute atomic E-state index is 11.9. The second-order valence-electron chi connectivity index (χ2n) is 3.73. The lowest BCUT2D eigenvalue weighted by Gasteiger charge is -2.11. The number of amides is 1. The van der Waals surface area contributed by atoms with Crippen LogP contribution in [0.2, 0.25) is 0 Å². The van der Waals surface area contributed by atoms with Crippen molar-refractivity contribution in [3.05, 3.63) is 22.7 Å². The van der Waals surface area contributed by atoms with Crippen molar-refractivity contribution in [2.45, 2.75) is 18.1 Å². The van der Waals surface area contributed by atoms with E-state index in [9.17, 15) is 4.79 Å². The van der Waals surface area contributed by atoms with Crippen LogP contribution in [-0.4, -0.2) is 16.9 Å². The van der Waals surface area contributed by atoms with Gasteiger partial charge in [-0.15, -0.1) is 11.8 Å². The first kappa shape index (κ1) is 11.8. The maximum Gasteiger partial charge on any atom is 0.237 e. The lowest BCUT2D eigenvalue weighted by molar-refractivity contribution is -0.115. The van der Waals surface area contributed by atoms with Crippen LogP contribution in [0.4, 0.5) is 11.4 Å². The van der Waals surface area contributed by atoms with E-state index in [1.54, 1.807) is 23.9 Å². The monoisotopic (exact) mass is 300 g/mol. The molecule has 5 heteroatoms. The first-order valence-corrected chi connectivity index (χ1v) is 6.98. The normalized spacial score (nSPS) is 19.7. The zero-order chi connectivity index (χ0) is 11.5. The molecule has 3 nitrogen and oxygen atoms in total. The highest BCUT2D eigenvalue weighted by molar-refractivity contribution is 9.10. The van der Waals surface area contributed by atoms with Crippen LogP contribution in [0.25, 0.3) is 0 Å². The predicted molar refractivity (Wildman–Crippen MR) is 72.7 cm³/mol. The van der Waals surface area contributed by atoms with Crippen molar-refractivity contribution in [2.24, 2.45) is 0 Å². The summed E-state index contributed by atoms with van der Waals surface area (Å²) in [4.78, 5) is 11.9. The number of nitrogens with one attached hydrogen (secondary N) is 1. The van der Waals surface area contributed by atoms with Crippen LogP contribution in [-0.2, 0) is 4.79 Å². The van der Waals surface area contributed by atoms with E-state index in [1.807, 2.05) is 6.07 Å². The van der Waals surface area contributed by atoms with Crippen molar-refractivity contribution in [2.75, 3.05) is 16.8 Å². The standard InChI is InChI=1S/C11H13BrN2OS/c12-8-4-3-7(13)6-9(8)14-11(15)10-2-1-5-16-10/h3-4,6,10H,1-2,5,13H2,(H,14,15). The molecule has 0 aliphatic carbocycles. The fraction of sp³-hybridized carbons (Fsp3) is 0.364. The third-order valence-electron chi connectivity index (χ3n) is 2.47. The van der Waals surface area contributed by atoms with Crippen molar-refractivity contribution in [1.82, 2.24) is 0 Å². The quantitative estimate of drug-likeness (QED) is 0.826. The molecule has 1 aliphatic heterocycles. The Hall–Kier alpha value is -0.680. The first-order chi connectivity index (χ1) is 7.66. The summed E-state index contributed by atoms with van der Waals surface area (Å²) in [5.74, 6) is 1.16. The summed E-state index contributed by atoms with van der Waals surface area (Å²) in [5.41, 5.74) is 7.08. The number of benzene rings is 1. The number of hydrogen-bond acceptors (Lipinski definition) is 3. The highest BCUT2D eigenvalue weighted by Gasteiger charge is 2.23. The topological polar surface area (TPSA) is 55.1 Å². The number of anilines is 2. The third-order valence-corrected chi connectivity index (χ3v) is 4.54. The largest absolute Gasteiger partial charge is 0.399 e. The van der Waals surface area contributed by atoms with E-state index < -0.39 is 0 Å². The predicted octanol–water partition coefficient (Wildman–Crippen LogP) is 2.87. The van der Waals surface area contributed by atoms with Gasteiger partial charge in [-0.3, -0.25) is 4.79 Å². The molecule has 1 amide bonds. The van der Waals surface area contributed by atoms with Gasteiger partial charge in [0.15, 0.2) is 0 Å². The van der Waals surface area contributed by atoms with Crippen LogP contribution < -0.4 is 11.1 Å². The van der Waals surface area contributed by atoms with E-state index in [0.29, 0.717) is 5.69 Å². The van der Waals surface area contributed by atoms with Crippen LogP contribution >= 0.6 is 27.7 Å². The minimum Gasteiger partial charge on any atom is -0.399 e. The highest BCUT2D eigenvalue weighted by atomic mass is 79.9. The molecule has 0 spiro atoms. The van der Waals surface area contributed by atoms with E-state index in [2.05, 4.69) is 21.2 Å². The molecule has 1 aromatic carbocycles. The molecule has 16 heavy (non-hydrogen) atoms.